The standard InChI is InChI=1S/C23H29NO5/c1-3-24(2)19-20(25)21-18(15-27-22(29-21)17-12-8-5-9-13-17)28-23(19)26-14-16-10-6-4-7-11-16/h4-13,18-23,25H,3,14-15H2,1-2H3/t18-,19-,20-,21-,22?,23+/m1/s1. The van der Waals surface area contributed by atoms with Gasteiger partial charge in [-0.1, -0.05) is 67.6 Å². The zero-order valence-corrected chi connectivity index (χ0v) is 16.9. The second kappa shape index (κ2) is 9.34. The van der Waals surface area contributed by atoms with Crippen LogP contribution in [0.25, 0.3) is 0 Å². The van der Waals surface area contributed by atoms with Crippen molar-refractivity contribution in [2.45, 2.75) is 50.5 Å². The van der Waals surface area contributed by atoms with Crippen molar-refractivity contribution in [2.24, 2.45) is 0 Å². The molecule has 4 rings (SSSR count). The van der Waals surface area contributed by atoms with Crippen molar-refractivity contribution < 1.29 is 24.1 Å². The maximum absolute atomic E-state index is 11.2. The van der Waals surface area contributed by atoms with E-state index < -0.39 is 24.8 Å². The summed E-state index contributed by atoms with van der Waals surface area (Å²) in [5, 5.41) is 11.2. The summed E-state index contributed by atoms with van der Waals surface area (Å²) in [4.78, 5) is 2.05. The number of aliphatic hydroxyl groups excluding tert-OH is 1. The Morgan fingerprint density at radius 3 is 2.41 bits per heavy atom. The van der Waals surface area contributed by atoms with E-state index in [0.29, 0.717) is 13.2 Å². The van der Waals surface area contributed by atoms with Gasteiger partial charge in [-0.25, -0.2) is 0 Å². The van der Waals surface area contributed by atoms with Crippen LogP contribution in [0.3, 0.4) is 0 Å². The quantitative estimate of drug-likeness (QED) is 0.806. The smallest absolute Gasteiger partial charge is 0.184 e. The van der Waals surface area contributed by atoms with E-state index in [1.165, 1.54) is 0 Å². The Hall–Kier alpha value is -1.80. The van der Waals surface area contributed by atoms with Gasteiger partial charge in [-0.3, -0.25) is 4.90 Å². The topological polar surface area (TPSA) is 60.4 Å². The molecule has 0 aromatic heterocycles. The van der Waals surface area contributed by atoms with Gasteiger partial charge in [-0.15, -0.1) is 0 Å². The second-order valence-electron chi connectivity index (χ2n) is 7.57. The number of hydrogen-bond acceptors (Lipinski definition) is 6. The summed E-state index contributed by atoms with van der Waals surface area (Å²) in [6.07, 6.45) is -2.70. The van der Waals surface area contributed by atoms with Gasteiger partial charge in [0.25, 0.3) is 0 Å². The third kappa shape index (κ3) is 4.53. The molecule has 0 radical (unpaired) electrons. The molecule has 0 bridgehead atoms. The predicted molar refractivity (Wildman–Crippen MR) is 108 cm³/mol. The van der Waals surface area contributed by atoms with Crippen molar-refractivity contribution in [2.75, 3.05) is 20.2 Å². The molecular formula is C23H29NO5. The SMILES string of the molecule is CCN(C)[C@H]1[C@@H](OCc2ccccc2)O[C@@H]2COC(c3ccccc3)O[C@H]2[C@@H]1O. The zero-order chi connectivity index (χ0) is 20.2. The lowest BCUT2D eigenvalue weighted by atomic mass is 9.94. The molecule has 2 aliphatic heterocycles. The number of ether oxygens (including phenoxy) is 4. The molecule has 2 fully saturated rings. The van der Waals surface area contributed by atoms with E-state index in [-0.39, 0.29) is 12.1 Å². The first-order valence-corrected chi connectivity index (χ1v) is 10.2. The molecule has 0 spiro atoms. The molecule has 2 aromatic carbocycles. The number of rotatable bonds is 6. The van der Waals surface area contributed by atoms with Gasteiger partial charge in [0.1, 0.15) is 18.3 Å². The molecule has 6 heteroatoms. The zero-order valence-electron chi connectivity index (χ0n) is 16.9. The van der Waals surface area contributed by atoms with Gasteiger partial charge in [0.05, 0.1) is 19.3 Å². The van der Waals surface area contributed by atoms with Crippen molar-refractivity contribution >= 4 is 0 Å². The maximum atomic E-state index is 11.2. The Labute approximate surface area is 171 Å². The van der Waals surface area contributed by atoms with E-state index in [1.54, 1.807) is 0 Å². The highest BCUT2D eigenvalue weighted by Gasteiger charge is 2.50. The average molecular weight is 399 g/mol. The molecule has 0 amide bonds. The molecule has 0 saturated carbocycles. The number of nitrogens with zero attached hydrogens (tertiary/aromatic N) is 1. The van der Waals surface area contributed by atoms with Gasteiger partial charge in [0.2, 0.25) is 0 Å². The molecule has 29 heavy (non-hydrogen) atoms. The first kappa shape index (κ1) is 20.5. The Kier molecular flexibility index (Phi) is 6.60. The summed E-state index contributed by atoms with van der Waals surface area (Å²) in [5.74, 6) is 0. The highest BCUT2D eigenvalue weighted by molar-refractivity contribution is 5.17. The van der Waals surface area contributed by atoms with Gasteiger partial charge in [0, 0.05) is 5.56 Å². The summed E-state index contributed by atoms with van der Waals surface area (Å²) >= 11 is 0. The maximum Gasteiger partial charge on any atom is 0.184 e. The van der Waals surface area contributed by atoms with Crippen LogP contribution in [0.1, 0.15) is 24.3 Å². The van der Waals surface area contributed by atoms with Gasteiger partial charge in [-0.05, 0) is 19.2 Å². The van der Waals surface area contributed by atoms with E-state index in [4.69, 9.17) is 18.9 Å². The second-order valence-corrected chi connectivity index (χ2v) is 7.57. The van der Waals surface area contributed by atoms with E-state index in [0.717, 1.165) is 17.7 Å². The van der Waals surface area contributed by atoms with Crippen LogP contribution in [-0.4, -0.2) is 60.8 Å². The van der Waals surface area contributed by atoms with Crippen LogP contribution in [0.2, 0.25) is 0 Å². The van der Waals surface area contributed by atoms with Crippen LogP contribution < -0.4 is 0 Å². The summed E-state index contributed by atoms with van der Waals surface area (Å²) in [7, 11) is 1.96. The van der Waals surface area contributed by atoms with Crippen LogP contribution in [0.5, 0.6) is 0 Å². The van der Waals surface area contributed by atoms with Crippen molar-refractivity contribution in [3.63, 3.8) is 0 Å². The number of aliphatic hydroxyl groups is 1. The highest BCUT2D eigenvalue weighted by Crippen LogP contribution is 2.35. The minimum Gasteiger partial charge on any atom is -0.388 e. The Morgan fingerprint density at radius 1 is 1.03 bits per heavy atom. The van der Waals surface area contributed by atoms with E-state index in [2.05, 4.69) is 0 Å². The van der Waals surface area contributed by atoms with Crippen molar-refractivity contribution in [3.8, 4) is 0 Å². The van der Waals surface area contributed by atoms with E-state index >= 15 is 0 Å². The number of benzene rings is 2. The van der Waals surface area contributed by atoms with Gasteiger partial charge in [0.15, 0.2) is 12.6 Å². The lowest BCUT2D eigenvalue weighted by Crippen LogP contribution is -2.66. The molecule has 156 valence electrons. The average Bonchev–Trinajstić information content (AvgIpc) is 2.78. The van der Waals surface area contributed by atoms with Gasteiger partial charge in [-0.2, -0.15) is 0 Å². The molecule has 1 unspecified atom stereocenters. The lowest BCUT2D eigenvalue weighted by molar-refractivity contribution is -0.354. The fourth-order valence-electron chi connectivity index (χ4n) is 3.93. The number of hydrogen-bond donors (Lipinski definition) is 1. The Morgan fingerprint density at radius 2 is 1.72 bits per heavy atom. The largest absolute Gasteiger partial charge is 0.388 e. The third-order valence-corrected chi connectivity index (χ3v) is 5.67. The molecule has 6 atom stereocenters. The molecule has 2 saturated heterocycles. The van der Waals surface area contributed by atoms with Crippen LogP contribution in [0, 0.1) is 0 Å². The molecule has 1 N–H and O–H groups in total. The van der Waals surface area contributed by atoms with Crippen molar-refractivity contribution in [3.05, 3.63) is 71.8 Å². The molecule has 2 aromatic rings. The monoisotopic (exact) mass is 399 g/mol. The van der Waals surface area contributed by atoms with Gasteiger partial charge < -0.3 is 24.1 Å². The molecule has 2 heterocycles. The third-order valence-electron chi connectivity index (χ3n) is 5.67. The fraction of sp³-hybridized carbons (Fsp3) is 0.478. The highest BCUT2D eigenvalue weighted by atomic mass is 16.7. The van der Waals surface area contributed by atoms with Crippen LogP contribution in [0.15, 0.2) is 60.7 Å². The predicted octanol–water partition coefficient (Wildman–Crippen LogP) is 2.72. The first-order chi connectivity index (χ1) is 14.2. The Balaban J connectivity index is 1.49. The minimum absolute atomic E-state index is 0.334. The lowest BCUT2D eigenvalue weighted by Gasteiger charge is -2.49. The summed E-state index contributed by atoms with van der Waals surface area (Å²) in [6, 6.07) is 19.4. The summed E-state index contributed by atoms with van der Waals surface area (Å²) in [5.41, 5.74) is 1.99. The fourth-order valence-corrected chi connectivity index (χ4v) is 3.93. The van der Waals surface area contributed by atoms with E-state index in [1.807, 2.05) is 79.5 Å². The molecular weight excluding hydrogens is 370 g/mol. The number of likely N-dealkylation sites (N-methyl/N-ethyl adjacent to an activating group) is 1. The summed E-state index contributed by atoms with van der Waals surface area (Å²) in [6.45, 7) is 3.56. The van der Waals surface area contributed by atoms with Crippen LogP contribution >= 0.6 is 0 Å². The number of fused-ring (bicyclic) bond motifs is 1. The minimum atomic E-state index is -0.755. The molecule has 6 nitrogen and oxygen atoms in total. The first-order valence-electron chi connectivity index (χ1n) is 10.2. The molecule has 0 aliphatic carbocycles. The van der Waals surface area contributed by atoms with Gasteiger partial charge >= 0.3 is 0 Å². The van der Waals surface area contributed by atoms with Crippen molar-refractivity contribution in [1.82, 2.24) is 4.90 Å². The Bertz CT molecular complexity index is 758. The summed E-state index contributed by atoms with van der Waals surface area (Å²) < 4.78 is 24.4. The van der Waals surface area contributed by atoms with Crippen molar-refractivity contribution in [1.29, 1.82) is 0 Å². The van der Waals surface area contributed by atoms with Crippen LogP contribution in [-0.2, 0) is 25.6 Å². The van der Waals surface area contributed by atoms with Crippen LogP contribution in [0.4, 0.5) is 0 Å². The normalized spacial score (nSPS) is 32.1. The molecule has 2 aliphatic rings. The van der Waals surface area contributed by atoms with E-state index in [9.17, 15) is 5.11 Å².